The van der Waals surface area contributed by atoms with Gasteiger partial charge in [-0.25, -0.2) is 13.4 Å². The molecule has 0 bridgehead atoms. The van der Waals surface area contributed by atoms with Gasteiger partial charge in [0.05, 0.1) is 10.4 Å². The molecule has 1 N–H and O–H groups in total. The van der Waals surface area contributed by atoms with Crippen molar-refractivity contribution in [3.63, 3.8) is 0 Å². The number of benzene rings is 2. The SMILES string of the molecule is Cc1cccc(Cc2nc3c(S(C)(=O)=O)cccc3[nH]2)c1. The molecule has 1 heterocycles. The van der Waals surface area contributed by atoms with Gasteiger partial charge in [0, 0.05) is 12.7 Å². The summed E-state index contributed by atoms with van der Waals surface area (Å²) in [5.74, 6) is 0.770. The first-order valence-electron chi connectivity index (χ1n) is 6.67. The van der Waals surface area contributed by atoms with Gasteiger partial charge in [-0.15, -0.1) is 0 Å². The lowest BCUT2D eigenvalue weighted by Gasteiger charge is -1.99. The van der Waals surface area contributed by atoms with E-state index in [4.69, 9.17) is 0 Å². The molecule has 108 valence electrons. The Kier molecular flexibility index (Phi) is 3.29. The Morgan fingerprint density at radius 2 is 1.90 bits per heavy atom. The summed E-state index contributed by atoms with van der Waals surface area (Å²) in [5, 5.41) is 0. The second-order valence-corrected chi connectivity index (χ2v) is 7.26. The van der Waals surface area contributed by atoms with E-state index >= 15 is 0 Å². The molecular weight excluding hydrogens is 284 g/mol. The van der Waals surface area contributed by atoms with E-state index in [-0.39, 0.29) is 4.90 Å². The summed E-state index contributed by atoms with van der Waals surface area (Å²) >= 11 is 0. The monoisotopic (exact) mass is 300 g/mol. The molecule has 0 atom stereocenters. The highest BCUT2D eigenvalue weighted by Gasteiger charge is 2.15. The average molecular weight is 300 g/mol. The van der Waals surface area contributed by atoms with Gasteiger partial charge < -0.3 is 4.98 Å². The molecule has 4 nitrogen and oxygen atoms in total. The van der Waals surface area contributed by atoms with Crippen LogP contribution in [0.3, 0.4) is 0 Å². The van der Waals surface area contributed by atoms with Crippen LogP contribution < -0.4 is 0 Å². The van der Waals surface area contributed by atoms with Crippen LogP contribution in [0.25, 0.3) is 11.0 Å². The lowest BCUT2D eigenvalue weighted by molar-refractivity contribution is 0.602. The second kappa shape index (κ2) is 5.00. The van der Waals surface area contributed by atoms with E-state index in [1.807, 2.05) is 31.2 Å². The van der Waals surface area contributed by atoms with Crippen LogP contribution in [0.4, 0.5) is 0 Å². The molecule has 0 saturated carbocycles. The fourth-order valence-electron chi connectivity index (χ4n) is 2.46. The average Bonchev–Trinajstić information content (AvgIpc) is 2.79. The standard InChI is InChI=1S/C16H16N2O2S/c1-11-5-3-6-12(9-11)10-15-17-13-7-4-8-14(16(13)18-15)21(2,19)20/h3-9H,10H2,1-2H3,(H,17,18). The van der Waals surface area contributed by atoms with E-state index in [9.17, 15) is 8.42 Å². The Morgan fingerprint density at radius 1 is 1.14 bits per heavy atom. The Balaban J connectivity index is 2.06. The third kappa shape index (κ3) is 2.83. The number of hydrogen-bond donors (Lipinski definition) is 1. The highest BCUT2D eigenvalue weighted by atomic mass is 32.2. The number of sulfone groups is 1. The molecule has 2 aromatic carbocycles. The molecule has 0 fully saturated rings. The van der Waals surface area contributed by atoms with Crippen molar-refractivity contribution < 1.29 is 8.42 Å². The number of para-hydroxylation sites is 1. The quantitative estimate of drug-likeness (QED) is 0.809. The second-order valence-electron chi connectivity index (χ2n) is 5.27. The van der Waals surface area contributed by atoms with Gasteiger partial charge in [-0.2, -0.15) is 0 Å². The number of rotatable bonds is 3. The highest BCUT2D eigenvalue weighted by Crippen LogP contribution is 2.22. The zero-order chi connectivity index (χ0) is 15.0. The summed E-state index contributed by atoms with van der Waals surface area (Å²) < 4.78 is 23.6. The van der Waals surface area contributed by atoms with Crippen LogP contribution in [-0.4, -0.2) is 24.6 Å². The van der Waals surface area contributed by atoms with Gasteiger partial charge in [0.15, 0.2) is 9.84 Å². The Bertz CT molecular complexity index is 911. The summed E-state index contributed by atoms with van der Waals surface area (Å²) in [5.41, 5.74) is 3.61. The molecule has 0 amide bonds. The fraction of sp³-hybridized carbons (Fsp3) is 0.188. The molecule has 0 aliphatic carbocycles. The van der Waals surface area contributed by atoms with E-state index in [0.717, 1.165) is 16.9 Å². The van der Waals surface area contributed by atoms with E-state index in [0.29, 0.717) is 11.9 Å². The topological polar surface area (TPSA) is 62.8 Å². The van der Waals surface area contributed by atoms with Crippen molar-refractivity contribution in [2.75, 3.05) is 6.26 Å². The van der Waals surface area contributed by atoms with Crippen LogP contribution >= 0.6 is 0 Å². The lowest BCUT2D eigenvalue weighted by Crippen LogP contribution is -1.98. The first-order valence-corrected chi connectivity index (χ1v) is 8.56. The van der Waals surface area contributed by atoms with E-state index in [1.165, 1.54) is 11.8 Å². The van der Waals surface area contributed by atoms with Crippen molar-refractivity contribution in [1.82, 2.24) is 9.97 Å². The summed E-state index contributed by atoms with van der Waals surface area (Å²) in [4.78, 5) is 7.94. The summed E-state index contributed by atoms with van der Waals surface area (Å²) in [6.07, 6.45) is 1.86. The van der Waals surface area contributed by atoms with Gasteiger partial charge in [-0.3, -0.25) is 0 Å². The Morgan fingerprint density at radius 3 is 2.62 bits per heavy atom. The molecule has 3 rings (SSSR count). The van der Waals surface area contributed by atoms with Crippen LogP contribution in [0.2, 0.25) is 0 Å². The maximum absolute atomic E-state index is 11.8. The van der Waals surface area contributed by atoms with E-state index < -0.39 is 9.84 Å². The van der Waals surface area contributed by atoms with Crippen LogP contribution in [0.5, 0.6) is 0 Å². The minimum atomic E-state index is -3.28. The van der Waals surface area contributed by atoms with Gasteiger partial charge in [-0.1, -0.05) is 35.9 Å². The molecule has 0 spiro atoms. The van der Waals surface area contributed by atoms with Crippen molar-refractivity contribution in [2.45, 2.75) is 18.2 Å². The van der Waals surface area contributed by atoms with Crippen molar-refractivity contribution in [3.8, 4) is 0 Å². The molecular formula is C16H16N2O2S. The van der Waals surface area contributed by atoms with E-state index in [2.05, 4.69) is 16.0 Å². The van der Waals surface area contributed by atoms with Crippen molar-refractivity contribution >= 4 is 20.9 Å². The molecule has 0 saturated heterocycles. The maximum atomic E-state index is 11.8. The number of nitrogens with zero attached hydrogens (tertiary/aromatic N) is 1. The molecule has 1 aromatic heterocycles. The molecule has 0 aliphatic heterocycles. The number of H-pyrrole nitrogens is 1. The van der Waals surface area contributed by atoms with Crippen LogP contribution in [0.15, 0.2) is 47.4 Å². The number of fused-ring (bicyclic) bond motifs is 1. The van der Waals surface area contributed by atoms with Crippen LogP contribution in [0, 0.1) is 6.92 Å². The van der Waals surface area contributed by atoms with Crippen molar-refractivity contribution in [3.05, 3.63) is 59.4 Å². The number of hydrogen-bond acceptors (Lipinski definition) is 3. The van der Waals surface area contributed by atoms with Gasteiger partial charge in [0.25, 0.3) is 0 Å². The number of imidazole rings is 1. The minimum absolute atomic E-state index is 0.270. The number of aromatic amines is 1. The lowest BCUT2D eigenvalue weighted by atomic mass is 10.1. The highest BCUT2D eigenvalue weighted by molar-refractivity contribution is 7.91. The zero-order valence-electron chi connectivity index (χ0n) is 11.9. The third-order valence-electron chi connectivity index (χ3n) is 3.38. The van der Waals surface area contributed by atoms with E-state index in [1.54, 1.807) is 12.1 Å². The predicted molar refractivity (Wildman–Crippen MR) is 83.2 cm³/mol. The normalized spacial score (nSPS) is 11.9. The summed E-state index contributed by atoms with van der Waals surface area (Å²) in [7, 11) is -3.28. The smallest absolute Gasteiger partial charge is 0.177 e. The maximum Gasteiger partial charge on any atom is 0.177 e. The first kappa shape index (κ1) is 13.8. The molecule has 5 heteroatoms. The molecule has 21 heavy (non-hydrogen) atoms. The van der Waals surface area contributed by atoms with Crippen molar-refractivity contribution in [1.29, 1.82) is 0 Å². The fourth-order valence-corrected chi connectivity index (χ4v) is 3.29. The van der Waals surface area contributed by atoms with Gasteiger partial charge >= 0.3 is 0 Å². The number of aromatic nitrogens is 2. The van der Waals surface area contributed by atoms with Gasteiger partial charge in [0.1, 0.15) is 11.3 Å². The van der Waals surface area contributed by atoms with Crippen LogP contribution in [0.1, 0.15) is 17.0 Å². The number of aryl methyl sites for hydroxylation is 1. The molecule has 0 radical (unpaired) electrons. The predicted octanol–water partition coefficient (Wildman–Crippen LogP) is 2.87. The number of nitrogens with one attached hydrogen (secondary N) is 1. The third-order valence-corrected chi connectivity index (χ3v) is 4.51. The zero-order valence-corrected chi connectivity index (χ0v) is 12.7. The van der Waals surface area contributed by atoms with Gasteiger partial charge in [0.2, 0.25) is 0 Å². The Labute approximate surface area is 123 Å². The summed E-state index contributed by atoms with van der Waals surface area (Å²) in [6.45, 7) is 2.05. The Hall–Kier alpha value is -2.14. The van der Waals surface area contributed by atoms with Crippen molar-refractivity contribution in [2.24, 2.45) is 0 Å². The minimum Gasteiger partial charge on any atom is -0.342 e. The van der Waals surface area contributed by atoms with Crippen LogP contribution in [-0.2, 0) is 16.3 Å². The largest absolute Gasteiger partial charge is 0.342 e. The summed E-state index contributed by atoms with van der Waals surface area (Å²) in [6, 6.07) is 13.4. The van der Waals surface area contributed by atoms with Gasteiger partial charge in [-0.05, 0) is 24.6 Å². The molecule has 0 unspecified atom stereocenters. The molecule has 3 aromatic rings. The molecule has 0 aliphatic rings. The first-order chi connectivity index (χ1) is 9.93.